The van der Waals surface area contributed by atoms with E-state index in [1.54, 1.807) is 6.07 Å². The van der Waals surface area contributed by atoms with E-state index in [2.05, 4.69) is 15.3 Å². The highest BCUT2D eigenvalue weighted by molar-refractivity contribution is 5.46. The van der Waals surface area contributed by atoms with Gasteiger partial charge in [0.1, 0.15) is 11.6 Å². The maximum absolute atomic E-state index is 13.1. The Morgan fingerprint density at radius 2 is 1.89 bits per heavy atom. The molecule has 1 aromatic carbocycles. The fraction of sp³-hybridized carbons (Fsp3) is 0.389. The summed E-state index contributed by atoms with van der Waals surface area (Å²) in [6.07, 6.45) is -2.66. The van der Waals surface area contributed by atoms with Crippen LogP contribution in [0.2, 0.25) is 0 Å². The Morgan fingerprint density at radius 1 is 1.07 bits per heavy atom. The predicted molar refractivity (Wildman–Crippen MR) is 92.7 cm³/mol. The van der Waals surface area contributed by atoms with Gasteiger partial charge in [0, 0.05) is 19.0 Å². The molecule has 1 unspecified atom stereocenters. The van der Waals surface area contributed by atoms with Crippen LogP contribution in [0.4, 0.5) is 19.0 Å². The van der Waals surface area contributed by atoms with E-state index in [4.69, 9.17) is 4.74 Å². The molecular formula is C18H18F3N5O. The molecule has 1 fully saturated rings. The number of nitrogens with zero attached hydrogens (tertiary/aromatic N) is 5. The van der Waals surface area contributed by atoms with Crippen LogP contribution in [0.5, 0.6) is 5.75 Å². The van der Waals surface area contributed by atoms with E-state index in [9.17, 15) is 13.2 Å². The van der Waals surface area contributed by atoms with Crippen molar-refractivity contribution < 1.29 is 17.9 Å². The zero-order valence-corrected chi connectivity index (χ0v) is 14.4. The lowest BCUT2D eigenvalue weighted by Gasteiger charge is -2.33. The van der Waals surface area contributed by atoms with Crippen molar-refractivity contribution in [1.29, 1.82) is 0 Å². The standard InChI is InChI=1S/C18H18F3N5O/c19-18(20,21)17-23-22-15-8-9-16(24-26(15)17)25-10-4-5-13(11-25)12-27-14-6-2-1-3-7-14/h1-3,6-9,13H,4-5,10-12H2. The first-order chi connectivity index (χ1) is 13.0. The molecule has 3 aromatic rings. The van der Waals surface area contributed by atoms with Gasteiger partial charge in [0.05, 0.1) is 6.61 Å². The van der Waals surface area contributed by atoms with Crippen LogP contribution in [-0.2, 0) is 6.18 Å². The van der Waals surface area contributed by atoms with Crippen LogP contribution in [-0.4, -0.2) is 39.5 Å². The van der Waals surface area contributed by atoms with Gasteiger partial charge >= 0.3 is 6.18 Å². The van der Waals surface area contributed by atoms with Crippen LogP contribution in [0.25, 0.3) is 5.65 Å². The molecule has 4 rings (SSSR count). The summed E-state index contributed by atoms with van der Waals surface area (Å²) in [6.45, 7) is 1.97. The number of hydrogen-bond acceptors (Lipinski definition) is 5. The smallest absolute Gasteiger partial charge is 0.453 e. The van der Waals surface area contributed by atoms with E-state index in [0.717, 1.165) is 29.7 Å². The molecule has 0 saturated carbocycles. The van der Waals surface area contributed by atoms with Gasteiger partial charge < -0.3 is 9.64 Å². The Hall–Kier alpha value is -2.84. The maximum atomic E-state index is 13.1. The lowest BCUT2D eigenvalue weighted by Crippen LogP contribution is -2.38. The zero-order chi connectivity index (χ0) is 18.9. The number of ether oxygens (including phenoxy) is 1. The first kappa shape index (κ1) is 17.6. The summed E-state index contributed by atoms with van der Waals surface area (Å²) in [6, 6.07) is 12.8. The number of benzene rings is 1. The number of aromatic nitrogens is 4. The van der Waals surface area contributed by atoms with E-state index in [1.807, 2.05) is 35.2 Å². The lowest BCUT2D eigenvalue weighted by molar-refractivity contribution is -0.146. The van der Waals surface area contributed by atoms with Crippen molar-refractivity contribution in [2.45, 2.75) is 19.0 Å². The third kappa shape index (κ3) is 3.81. The van der Waals surface area contributed by atoms with E-state index in [0.29, 0.717) is 19.0 Å². The largest absolute Gasteiger partial charge is 0.493 e. The molecule has 0 aliphatic carbocycles. The fourth-order valence-corrected chi connectivity index (χ4v) is 3.26. The highest BCUT2D eigenvalue weighted by Crippen LogP contribution is 2.28. The summed E-state index contributed by atoms with van der Waals surface area (Å²) in [4.78, 5) is 1.99. The summed E-state index contributed by atoms with van der Waals surface area (Å²) >= 11 is 0. The topological polar surface area (TPSA) is 55.5 Å². The molecule has 0 amide bonds. The Morgan fingerprint density at radius 3 is 2.67 bits per heavy atom. The Balaban J connectivity index is 1.49. The second-order valence-electron chi connectivity index (χ2n) is 6.56. The monoisotopic (exact) mass is 377 g/mol. The molecule has 9 heteroatoms. The van der Waals surface area contributed by atoms with Gasteiger partial charge in [-0.2, -0.15) is 17.7 Å². The Bertz CT molecular complexity index is 912. The van der Waals surface area contributed by atoms with Crippen LogP contribution < -0.4 is 9.64 Å². The molecule has 0 radical (unpaired) electrons. The molecule has 3 heterocycles. The van der Waals surface area contributed by atoms with Crippen molar-refractivity contribution in [3.63, 3.8) is 0 Å². The molecule has 1 atom stereocenters. The third-order valence-corrected chi connectivity index (χ3v) is 4.57. The van der Waals surface area contributed by atoms with Crippen LogP contribution in [0.15, 0.2) is 42.5 Å². The predicted octanol–water partition coefficient (Wildman–Crippen LogP) is 3.44. The summed E-state index contributed by atoms with van der Waals surface area (Å²) in [5, 5.41) is 10.9. The van der Waals surface area contributed by atoms with Crippen LogP contribution in [0.1, 0.15) is 18.7 Å². The molecule has 0 spiro atoms. The maximum Gasteiger partial charge on any atom is 0.453 e. The number of rotatable bonds is 4. The lowest BCUT2D eigenvalue weighted by atomic mass is 9.99. The average molecular weight is 377 g/mol. The number of fused-ring (bicyclic) bond motifs is 1. The average Bonchev–Trinajstić information content (AvgIpc) is 3.11. The van der Waals surface area contributed by atoms with Crippen molar-refractivity contribution in [3.8, 4) is 5.75 Å². The second-order valence-corrected chi connectivity index (χ2v) is 6.56. The van der Waals surface area contributed by atoms with Crippen LogP contribution in [0.3, 0.4) is 0 Å². The molecule has 27 heavy (non-hydrogen) atoms. The van der Waals surface area contributed by atoms with Gasteiger partial charge in [0.25, 0.3) is 5.82 Å². The fourth-order valence-electron chi connectivity index (χ4n) is 3.26. The first-order valence-corrected chi connectivity index (χ1v) is 8.73. The number of hydrogen-bond donors (Lipinski definition) is 0. The van der Waals surface area contributed by atoms with Gasteiger partial charge in [0.15, 0.2) is 5.65 Å². The Labute approximate surface area is 153 Å². The van der Waals surface area contributed by atoms with Crippen LogP contribution >= 0.6 is 0 Å². The SMILES string of the molecule is FC(F)(F)c1nnc2ccc(N3CCCC(COc4ccccc4)C3)nn12. The molecule has 6 nitrogen and oxygen atoms in total. The highest BCUT2D eigenvalue weighted by atomic mass is 19.4. The van der Waals surface area contributed by atoms with Gasteiger partial charge in [-0.05, 0) is 37.1 Å². The van der Waals surface area contributed by atoms with Gasteiger partial charge in [-0.25, -0.2) is 0 Å². The molecule has 0 bridgehead atoms. The summed E-state index contributed by atoms with van der Waals surface area (Å²) in [5.74, 6) is 0.463. The van der Waals surface area contributed by atoms with Crippen molar-refractivity contribution in [2.75, 3.05) is 24.6 Å². The summed E-state index contributed by atoms with van der Waals surface area (Å²) < 4.78 is 45.8. The Kier molecular flexibility index (Phi) is 4.59. The van der Waals surface area contributed by atoms with E-state index in [1.165, 1.54) is 6.07 Å². The van der Waals surface area contributed by atoms with E-state index in [-0.39, 0.29) is 11.6 Å². The molecule has 0 N–H and O–H groups in total. The number of halogens is 3. The molecule has 1 aliphatic heterocycles. The normalized spacial score (nSPS) is 18.0. The highest BCUT2D eigenvalue weighted by Gasteiger charge is 2.38. The van der Waals surface area contributed by atoms with Crippen LogP contribution in [0, 0.1) is 5.92 Å². The van der Waals surface area contributed by atoms with Gasteiger partial charge in [0.2, 0.25) is 0 Å². The number of piperidine rings is 1. The van der Waals surface area contributed by atoms with E-state index < -0.39 is 12.0 Å². The summed E-state index contributed by atoms with van der Waals surface area (Å²) in [5.41, 5.74) is 0.0760. The molecule has 142 valence electrons. The minimum atomic E-state index is -4.60. The quantitative estimate of drug-likeness (QED) is 0.697. The number of anilines is 1. The third-order valence-electron chi connectivity index (χ3n) is 4.57. The van der Waals surface area contributed by atoms with Crippen molar-refractivity contribution in [3.05, 3.63) is 48.3 Å². The van der Waals surface area contributed by atoms with Crippen molar-refractivity contribution in [1.82, 2.24) is 19.8 Å². The first-order valence-electron chi connectivity index (χ1n) is 8.73. The van der Waals surface area contributed by atoms with Gasteiger partial charge in [-0.15, -0.1) is 15.3 Å². The second kappa shape index (κ2) is 7.05. The summed E-state index contributed by atoms with van der Waals surface area (Å²) in [7, 11) is 0. The molecule has 1 saturated heterocycles. The van der Waals surface area contributed by atoms with Crippen molar-refractivity contribution >= 4 is 11.5 Å². The van der Waals surface area contributed by atoms with Gasteiger partial charge in [-0.3, -0.25) is 0 Å². The molecular weight excluding hydrogens is 359 g/mol. The van der Waals surface area contributed by atoms with Crippen molar-refractivity contribution in [2.24, 2.45) is 5.92 Å². The number of alkyl halides is 3. The zero-order valence-electron chi connectivity index (χ0n) is 14.4. The minimum absolute atomic E-state index is 0.0760. The molecule has 1 aliphatic rings. The molecule has 2 aromatic heterocycles. The number of para-hydroxylation sites is 1. The minimum Gasteiger partial charge on any atom is -0.493 e. The van der Waals surface area contributed by atoms with E-state index >= 15 is 0 Å². The van der Waals surface area contributed by atoms with Gasteiger partial charge in [-0.1, -0.05) is 18.2 Å².